The molecule has 0 aromatic carbocycles. The van der Waals surface area contributed by atoms with Crippen LogP contribution >= 0.6 is 11.8 Å². The fraction of sp³-hybridized carbons (Fsp3) is 0.600. The summed E-state index contributed by atoms with van der Waals surface area (Å²) in [5, 5.41) is 3.23. The fourth-order valence-corrected chi connectivity index (χ4v) is 1.66. The summed E-state index contributed by atoms with van der Waals surface area (Å²) in [5.41, 5.74) is 0.749. The van der Waals surface area contributed by atoms with Gasteiger partial charge in [0, 0.05) is 12.6 Å². The maximum atomic E-state index is 11.3. The van der Waals surface area contributed by atoms with E-state index in [9.17, 15) is 4.79 Å². The Labute approximate surface area is 93.9 Å². The van der Waals surface area contributed by atoms with Gasteiger partial charge < -0.3 is 10.3 Å². The molecule has 0 fully saturated rings. The molecule has 0 atom stereocenters. The normalized spacial score (nSPS) is 10.5. The lowest BCUT2D eigenvalue weighted by Gasteiger charge is -2.04. The van der Waals surface area contributed by atoms with Crippen LogP contribution in [-0.4, -0.2) is 22.8 Å². The zero-order valence-electron chi connectivity index (χ0n) is 9.17. The highest BCUT2D eigenvalue weighted by Gasteiger charge is 2.00. The Morgan fingerprint density at radius 2 is 2.40 bits per heavy atom. The van der Waals surface area contributed by atoms with Gasteiger partial charge in [0.25, 0.3) is 5.56 Å². The molecule has 15 heavy (non-hydrogen) atoms. The molecule has 0 saturated heterocycles. The van der Waals surface area contributed by atoms with E-state index in [1.165, 1.54) is 0 Å². The molecule has 0 aliphatic carbocycles. The van der Waals surface area contributed by atoms with Gasteiger partial charge in [0.15, 0.2) is 0 Å². The standard InChI is InChI=1S/C10H17N3OS/c1-3-4-11-6-8-5-10(14)13-9(12-8)7-15-2/h5,11H,3-4,6-7H2,1-2H3,(H,12,13,14). The van der Waals surface area contributed by atoms with Crippen molar-refractivity contribution in [3.05, 3.63) is 27.9 Å². The minimum absolute atomic E-state index is 0.0673. The Morgan fingerprint density at radius 3 is 3.07 bits per heavy atom. The van der Waals surface area contributed by atoms with Crippen molar-refractivity contribution < 1.29 is 0 Å². The Morgan fingerprint density at radius 1 is 1.60 bits per heavy atom. The lowest BCUT2D eigenvalue weighted by atomic mass is 10.3. The van der Waals surface area contributed by atoms with Crippen molar-refractivity contribution in [3.63, 3.8) is 0 Å². The van der Waals surface area contributed by atoms with E-state index in [-0.39, 0.29) is 5.56 Å². The molecule has 84 valence electrons. The van der Waals surface area contributed by atoms with Crippen molar-refractivity contribution in [3.8, 4) is 0 Å². The highest BCUT2D eigenvalue weighted by Crippen LogP contribution is 2.02. The average molecular weight is 227 g/mol. The third-order valence-corrected chi connectivity index (χ3v) is 2.42. The molecule has 4 nitrogen and oxygen atoms in total. The minimum Gasteiger partial charge on any atom is -0.311 e. The summed E-state index contributed by atoms with van der Waals surface area (Å²) < 4.78 is 0. The van der Waals surface area contributed by atoms with E-state index in [4.69, 9.17) is 0 Å². The fourth-order valence-electron chi connectivity index (χ4n) is 1.25. The number of rotatable bonds is 6. The van der Waals surface area contributed by atoms with Gasteiger partial charge >= 0.3 is 0 Å². The molecular weight excluding hydrogens is 210 g/mol. The molecule has 1 aromatic heterocycles. The molecular formula is C10H17N3OS. The predicted molar refractivity (Wildman–Crippen MR) is 64.1 cm³/mol. The number of hydrogen-bond acceptors (Lipinski definition) is 4. The molecule has 0 saturated carbocycles. The Balaban J connectivity index is 2.66. The van der Waals surface area contributed by atoms with Gasteiger partial charge in [-0.15, -0.1) is 0 Å². The Hall–Kier alpha value is -0.810. The Kier molecular flexibility index (Phi) is 5.42. The quantitative estimate of drug-likeness (QED) is 0.715. The number of aromatic amines is 1. The Bertz CT molecular complexity index is 351. The minimum atomic E-state index is -0.0673. The second kappa shape index (κ2) is 6.63. The van der Waals surface area contributed by atoms with Crippen molar-refractivity contribution in [2.24, 2.45) is 0 Å². The molecule has 1 rings (SSSR count). The van der Waals surface area contributed by atoms with Gasteiger partial charge in [-0.05, 0) is 19.2 Å². The first kappa shape index (κ1) is 12.3. The molecule has 0 aliphatic rings. The van der Waals surface area contributed by atoms with Crippen molar-refractivity contribution in [1.29, 1.82) is 0 Å². The van der Waals surface area contributed by atoms with Gasteiger partial charge in [-0.3, -0.25) is 4.79 Å². The number of thioether (sulfide) groups is 1. The smallest absolute Gasteiger partial charge is 0.251 e. The summed E-state index contributed by atoms with van der Waals surface area (Å²) in [7, 11) is 0. The maximum absolute atomic E-state index is 11.3. The largest absolute Gasteiger partial charge is 0.311 e. The third kappa shape index (κ3) is 4.48. The lowest BCUT2D eigenvalue weighted by molar-refractivity contribution is 0.659. The molecule has 0 bridgehead atoms. The SMILES string of the molecule is CCCNCc1cc(=O)[nH]c(CSC)n1. The van der Waals surface area contributed by atoms with Gasteiger partial charge in [0.2, 0.25) is 0 Å². The highest BCUT2D eigenvalue weighted by atomic mass is 32.2. The second-order valence-electron chi connectivity index (χ2n) is 3.29. The molecule has 5 heteroatoms. The van der Waals surface area contributed by atoms with E-state index in [0.717, 1.165) is 30.2 Å². The van der Waals surface area contributed by atoms with Gasteiger partial charge in [-0.2, -0.15) is 11.8 Å². The molecule has 0 unspecified atom stereocenters. The number of nitrogens with one attached hydrogen (secondary N) is 2. The molecule has 0 spiro atoms. The molecule has 2 N–H and O–H groups in total. The van der Waals surface area contributed by atoms with Crippen LogP contribution in [0.1, 0.15) is 24.9 Å². The van der Waals surface area contributed by atoms with E-state index in [1.54, 1.807) is 17.8 Å². The number of hydrogen-bond donors (Lipinski definition) is 2. The van der Waals surface area contributed by atoms with E-state index in [1.807, 2.05) is 6.26 Å². The van der Waals surface area contributed by atoms with E-state index in [2.05, 4.69) is 22.2 Å². The number of nitrogens with zero attached hydrogens (tertiary/aromatic N) is 1. The topological polar surface area (TPSA) is 57.8 Å². The van der Waals surface area contributed by atoms with Crippen LogP contribution in [0.2, 0.25) is 0 Å². The molecule has 0 amide bonds. The highest BCUT2D eigenvalue weighted by molar-refractivity contribution is 7.97. The molecule has 1 aromatic rings. The summed E-state index contributed by atoms with van der Waals surface area (Å²) in [6.07, 6.45) is 3.07. The molecule has 0 aliphatic heterocycles. The molecule has 1 heterocycles. The first-order valence-electron chi connectivity index (χ1n) is 5.05. The summed E-state index contributed by atoms with van der Waals surface area (Å²) >= 11 is 1.65. The van der Waals surface area contributed by atoms with Crippen molar-refractivity contribution in [1.82, 2.24) is 15.3 Å². The predicted octanol–water partition coefficient (Wildman–Crippen LogP) is 1.13. The van der Waals surface area contributed by atoms with Crippen LogP contribution in [0.3, 0.4) is 0 Å². The summed E-state index contributed by atoms with van der Waals surface area (Å²) in [6, 6.07) is 1.55. The first-order chi connectivity index (χ1) is 7.26. The lowest BCUT2D eigenvalue weighted by Crippen LogP contribution is -2.19. The van der Waals surface area contributed by atoms with Crippen LogP contribution in [0.25, 0.3) is 0 Å². The monoisotopic (exact) mass is 227 g/mol. The van der Waals surface area contributed by atoms with Gasteiger partial charge in [0.05, 0.1) is 11.4 Å². The van der Waals surface area contributed by atoms with E-state index < -0.39 is 0 Å². The van der Waals surface area contributed by atoms with E-state index >= 15 is 0 Å². The van der Waals surface area contributed by atoms with E-state index in [0.29, 0.717) is 6.54 Å². The molecule has 0 radical (unpaired) electrons. The maximum Gasteiger partial charge on any atom is 0.251 e. The summed E-state index contributed by atoms with van der Waals surface area (Å²) in [5.74, 6) is 1.50. The van der Waals surface area contributed by atoms with Crippen LogP contribution in [-0.2, 0) is 12.3 Å². The van der Waals surface area contributed by atoms with Crippen LogP contribution in [0.15, 0.2) is 10.9 Å². The van der Waals surface area contributed by atoms with Crippen LogP contribution in [0, 0.1) is 0 Å². The average Bonchev–Trinajstić information content (AvgIpc) is 2.18. The zero-order chi connectivity index (χ0) is 11.1. The second-order valence-corrected chi connectivity index (χ2v) is 4.16. The summed E-state index contributed by atoms with van der Waals surface area (Å²) in [6.45, 7) is 3.73. The van der Waals surface area contributed by atoms with Gasteiger partial charge in [-0.1, -0.05) is 6.92 Å². The van der Waals surface area contributed by atoms with Crippen molar-refractivity contribution >= 4 is 11.8 Å². The van der Waals surface area contributed by atoms with Crippen LogP contribution in [0.5, 0.6) is 0 Å². The third-order valence-electron chi connectivity index (χ3n) is 1.86. The van der Waals surface area contributed by atoms with Crippen LogP contribution in [0.4, 0.5) is 0 Å². The van der Waals surface area contributed by atoms with Gasteiger partial charge in [-0.25, -0.2) is 4.98 Å². The van der Waals surface area contributed by atoms with Crippen molar-refractivity contribution in [2.45, 2.75) is 25.6 Å². The van der Waals surface area contributed by atoms with Gasteiger partial charge in [0.1, 0.15) is 5.82 Å². The summed E-state index contributed by atoms with van der Waals surface area (Å²) in [4.78, 5) is 18.4. The number of aromatic nitrogens is 2. The first-order valence-corrected chi connectivity index (χ1v) is 6.44. The van der Waals surface area contributed by atoms with Crippen LogP contribution < -0.4 is 10.9 Å². The van der Waals surface area contributed by atoms with Crippen molar-refractivity contribution in [2.75, 3.05) is 12.8 Å². The zero-order valence-corrected chi connectivity index (χ0v) is 9.99. The number of H-pyrrole nitrogens is 1.